The first-order valence-electron chi connectivity index (χ1n) is 4.45. The number of nitriles is 1. The van der Waals surface area contributed by atoms with Crippen LogP contribution in [0.15, 0.2) is 18.2 Å². The first-order chi connectivity index (χ1) is 7.61. The van der Waals surface area contributed by atoms with Crippen molar-refractivity contribution in [1.82, 2.24) is 4.98 Å². The van der Waals surface area contributed by atoms with Crippen LogP contribution in [0.1, 0.15) is 10.7 Å². The second-order valence-electron chi connectivity index (χ2n) is 3.17. The number of benzene rings is 1. The minimum absolute atomic E-state index is 0.434. The van der Waals surface area contributed by atoms with Gasteiger partial charge in [0.15, 0.2) is 5.01 Å². The van der Waals surface area contributed by atoms with Crippen molar-refractivity contribution < 1.29 is 0 Å². The average Bonchev–Trinajstić information content (AvgIpc) is 2.63. The Kier molecular flexibility index (Phi) is 3.15. The van der Waals surface area contributed by atoms with Gasteiger partial charge in [-0.2, -0.15) is 5.26 Å². The summed E-state index contributed by atoms with van der Waals surface area (Å²) in [6.07, 6.45) is 0. The first kappa shape index (κ1) is 11.4. The highest BCUT2D eigenvalue weighted by atomic mass is 35.5. The number of thiazole rings is 1. The third-order valence-electron chi connectivity index (χ3n) is 2.07. The molecule has 0 amide bonds. The zero-order valence-corrected chi connectivity index (χ0v) is 10.6. The molecular formula is C11H6Cl2N2S. The van der Waals surface area contributed by atoms with E-state index in [-0.39, 0.29) is 0 Å². The van der Waals surface area contributed by atoms with Gasteiger partial charge in [-0.05, 0) is 25.1 Å². The lowest BCUT2D eigenvalue weighted by Crippen LogP contribution is -1.80. The Morgan fingerprint density at radius 3 is 2.75 bits per heavy atom. The van der Waals surface area contributed by atoms with E-state index in [4.69, 9.17) is 28.5 Å². The standard InChI is InChI=1S/C11H6Cl2N2S/c1-6-11(16-10(5-14)15-6)8-4-7(12)2-3-9(8)13/h2-4H,1H3. The minimum Gasteiger partial charge on any atom is -0.231 e. The topological polar surface area (TPSA) is 36.7 Å². The van der Waals surface area contributed by atoms with Crippen molar-refractivity contribution in [2.24, 2.45) is 0 Å². The first-order valence-corrected chi connectivity index (χ1v) is 6.02. The second kappa shape index (κ2) is 4.42. The molecule has 5 heteroatoms. The van der Waals surface area contributed by atoms with Gasteiger partial charge in [-0.15, -0.1) is 11.3 Å². The molecule has 0 aliphatic heterocycles. The lowest BCUT2D eigenvalue weighted by atomic mass is 10.1. The van der Waals surface area contributed by atoms with Gasteiger partial charge in [-0.1, -0.05) is 23.2 Å². The summed E-state index contributed by atoms with van der Waals surface area (Å²) in [5.74, 6) is 0. The predicted molar refractivity (Wildman–Crippen MR) is 67.0 cm³/mol. The summed E-state index contributed by atoms with van der Waals surface area (Å²) in [6.45, 7) is 1.85. The smallest absolute Gasteiger partial charge is 0.195 e. The number of hydrogen-bond acceptors (Lipinski definition) is 3. The fourth-order valence-electron chi connectivity index (χ4n) is 1.37. The maximum Gasteiger partial charge on any atom is 0.195 e. The fraction of sp³-hybridized carbons (Fsp3) is 0.0909. The molecular weight excluding hydrogens is 263 g/mol. The third kappa shape index (κ3) is 2.05. The van der Waals surface area contributed by atoms with E-state index in [0.717, 1.165) is 16.1 Å². The van der Waals surface area contributed by atoms with Crippen LogP contribution in [0, 0.1) is 18.3 Å². The SMILES string of the molecule is Cc1nc(C#N)sc1-c1cc(Cl)ccc1Cl. The number of halogens is 2. The zero-order chi connectivity index (χ0) is 11.7. The Morgan fingerprint density at radius 2 is 2.12 bits per heavy atom. The van der Waals surface area contributed by atoms with E-state index in [1.807, 2.05) is 13.0 Å². The Morgan fingerprint density at radius 1 is 1.38 bits per heavy atom. The number of aromatic nitrogens is 1. The summed E-state index contributed by atoms with van der Waals surface area (Å²) in [5.41, 5.74) is 1.62. The molecule has 2 aromatic rings. The van der Waals surface area contributed by atoms with Crippen LogP contribution < -0.4 is 0 Å². The molecule has 0 aliphatic rings. The van der Waals surface area contributed by atoms with Crippen LogP contribution in [-0.2, 0) is 0 Å². The van der Waals surface area contributed by atoms with Gasteiger partial charge in [0, 0.05) is 15.6 Å². The Bertz CT molecular complexity index is 584. The van der Waals surface area contributed by atoms with Crippen molar-refractivity contribution in [2.75, 3.05) is 0 Å². The van der Waals surface area contributed by atoms with Crippen molar-refractivity contribution in [3.05, 3.63) is 38.9 Å². The van der Waals surface area contributed by atoms with Crippen LogP contribution in [-0.4, -0.2) is 4.98 Å². The fourth-order valence-corrected chi connectivity index (χ4v) is 2.70. The molecule has 1 aromatic carbocycles. The van der Waals surface area contributed by atoms with Gasteiger partial charge in [0.25, 0.3) is 0 Å². The summed E-state index contributed by atoms with van der Waals surface area (Å²) in [4.78, 5) is 5.02. The maximum atomic E-state index is 8.79. The third-order valence-corrected chi connectivity index (χ3v) is 3.73. The summed E-state index contributed by atoms with van der Waals surface area (Å²) in [6, 6.07) is 7.28. The van der Waals surface area contributed by atoms with Gasteiger partial charge in [0.2, 0.25) is 0 Å². The number of aryl methyl sites for hydroxylation is 1. The largest absolute Gasteiger partial charge is 0.231 e. The van der Waals surface area contributed by atoms with Gasteiger partial charge < -0.3 is 0 Å². The molecule has 16 heavy (non-hydrogen) atoms. The molecule has 0 fully saturated rings. The predicted octanol–water partition coefficient (Wildman–Crippen LogP) is 4.30. The van der Waals surface area contributed by atoms with E-state index in [0.29, 0.717) is 15.1 Å². The number of hydrogen-bond donors (Lipinski definition) is 0. The molecule has 80 valence electrons. The van der Waals surface area contributed by atoms with Crippen molar-refractivity contribution >= 4 is 34.5 Å². The van der Waals surface area contributed by atoms with E-state index in [1.165, 1.54) is 11.3 Å². The molecule has 0 atom stereocenters. The van der Waals surface area contributed by atoms with E-state index in [1.54, 1.807) is 18.2 Å². The quantitative estimate of drug-likeness (QED) is 0.774. The summed E-state index contributed by atoms with van der Waals surface area (Å²) >= 11 is 13.3. The van der Waals surface area contributed by atoms with Crippen LogP contribution in [0.25, 0.3) is 10.4 Å². The average molecular weight is 269 g/mol. The second-order valence-corrected chi connectivity index (χ2v) is 5.01. The maximum absolute atomic E-state index is 8.79. The summed E-state index contributed by atoms with van der Waals surface area (Å²) in [7, 11) is 0. The van der Waals surface area contributed by atoms with Crippen LogP contribution in [0.3, 0.4) is 0 Å². The van der Waals surface area contributed by atoms with E-state index in [9.17, 15) is 0 Å². The molecule has 0 aliphatic carbocycles. The van der Waals surface area contributed by atoms with Gasteiger partial charge in [0.1, 0.15) is 6.07 Å². The minimum atomic E-state index is 0.434. The van der Waals surface area contributed by atoms with Crippen molar-refractivity contribution in [1.29, 1.82) is 5.26 Å². The van der Waals surface area contributed by atoms with Crippen molar-refractivity contribution in [2.45, 2.75) is 6.92 Å². The number of rotatable bonds is 1. The molecule has 0 N–H and O–H groups in total. The van der Waals surface area contributed by atoms with Crippen molar-refractivity contribution in [3.63, 3.8) is 0 Å². The van der Waals surface area contributed by atoms with Gasteiger partial charge in [-0.25, -0.2) is 4.98 Å². The Balaban J connectivity index is 2.63. The highest BCUT2D eigenvalue weighted by molar-refractivity contribution is 7.15. The monoisotopic (exact) mass is 268 g/mol. The van der Waals surface area contributed by atoms with Crippen LogP contribution >= 0.6 is 34.5 Å². The van der Waals surface area contributed by atoms with Crippen molar-refractivity contribution in [3.8, 4) is 16.5 Å². The zero-order valence-electron chi connectivity index (χ0n) is 8.29. The highest BCUT2D eigenvalue weighted by Gasteiger charge is 2.12. The van der Waals surface area contributed by atoms with Crippen LogP contribution in [0.5, 0.6) is 0 Å². The van der Waals surface area contributed by atoms with Gasteiger partial charge in [0.05, 0.1) is 10.6 Å². The molecule has 0 spiro atoms. The lowest BCUT2D eigenvalue weighted by Gasteiger charge is -2.02. The molecule has 0 saturated carbocycles. The molecule has 2 nitrogen and oxygen atoms in total. The molecule has 0 radical (unpaired) electrons. The van der Waals surface area contributed by atoms with E-state index in [2.05, 4.69) is 4.98 Å². The Hall–Kier alpha value is -1.08. The van der Waals surface area contributed by atoms with Gasteiger partial charge >= 0.3 is 0 Å². The van der Waals surface area contributed by atoms with E-state index < -0.39 is 0 Å². The Labute approximate surface area is 107 Å². The van der Waals surface area contributed by atoms with E-state index >= 15 is 0 Å². The highest BCUT2D eigenvalue weighted by Crippen LogP contribution is 2.36. The lowest BCUT2D eigenvalue weighted by molar-refractivity contribution is 1.24. The van der Waals surface area contributed by atoms with Crippen LogP contribution in [0.2, 0.25) is 10.0 Å². The molecule has 0 unspecified atom stereocenters. The molecule has 0 saturated heterocycles. The summed E-state index contributed by atoms with van der Waals surface area (Å²) in [5, 5.41) is 10.4. The van der Waals surface area contributed by atoms with Gasteiger partial charge in [-0.3, -0.25) is 0 Å². The molecule has 2 rings (SSSR count). The van der Waals surface area contributed by atoms with Crippen LogP contribution in [0.4, 0.5) is 0 Å². The molecule has 1 heterocycles. The normalized spacial score (nSPS) is 10.1. The molecule has 0 bridgehead atoms. The summed E-state index contributed by atoms with van der Waals surface area (Å²) < 4.78 is 0. The number of nitrogens with zero attached hydrogens (tertiary/aromatic N) is 2. The molecule has 1 aromatic heterocycles.